The Balaban J connectivity index is 1.74. The van der Waals surface area contributed by atoms with Crippen molar-refractivity contribution in [1.82, 2.24) is 15.8 Å². The predicted molar refractivity (Wildman–Crippen MR) is 101 cm³/mol. The normalized spacial score (nSPS) is 14.3. The quantitative estimate of drug-likeness (QED) is 0.558. The average molecular weight is 359 g/mol. The number of nitrogens with zero attached hydrogens (tertiary/aromatic N) is 2. The van der Waals surface area contributed by atoms with Gasteiger partial charge in [-0.15, -0.1) is 0 Å². The van der Waals surface area contributed by atoms with E-state index in [-0.39, 0.29) is 17.7 Å². The summed E-state index contributed by atoms with van der Waals surface area (Å²) in [7, 11) is 3.87. The standard InChI is InChI=1S/C18H25N5O3/c1-4-16(24)23-11-9-13(10-12-23)17(25)20-21-18(26)19-14-5-7-15(8-6-14)22(2)3/h4-8,13H,1,9-12H2,2-3H3,(H,20,25)(H2,19,21,26). The van der Waals surface area contributed by atoms with Gasteiger partial charge >= 0.3 is 6.03 Å². The van der Waals surface area contributed by atoms with E-state index >= 15 is 0 Å². The van der Waals surface area contributed by atoms with E-state index in [0.29, 0.717) is 31.6 Å². The predicted octanol–water partition coefficient (Wildman–Crippen LogP) is 1.33. The van der Waals surface area contributed by atoms with Gasteiger partial charge < -0.3 is 15.1 Å². The smallest absolute Gasteiger partial charge is 0.337 e. The first-order valence-electron chi connectivity index (χ1n) is 8.46. The number of carbonyl (C=O) groups is 3. The van der Waals surface area contributed by atoms with E-state index in [4.69, 9.17) is 0 Å². The molecule has 0 atom stereocenters. The molecule has 8 heteroatoms. The van der Waals surface area contributed by atoms with Crippen LogP contribution >= 0.6 is 0 Å². The Kier molecular flexibility index (Phi) is 6.60. The number of benzene rings is 1. The van der Waals surface area contributed by atoms with Crippen LogP contribution in [0, 0.1) is 5.92 Å². The maximum Gasteiger partial charge on any atom is 0.337 e. The van der Waals surface area contributed by atoms with Crippen molar-refractivity contribution in [2.24, 2.45) is 5.92 Å². The Bertz CT molecular complexity index is 664. The van der Waals surface area contributed by atoms with Gasteiger partial charge in [0.05, 0.1) is 0 Å². The number of rotatable bonds is 4. The molecule has 1 fully saturated rings. The summed E-state index contributed by atoms with van der Waals surface area (Å²) < 4.78 is 0. The summed E-state index contributed by atoms with van der Waals surface area (Å²) in [5.41, 5.74) is 6.42. The van der Waals surface area contributed by atoms with Crippen LogP contribution in [0.25, 0.3) is 0 Å². The van der Waals surface area contributed by atoms with Gasteiger partial charge in [0, 0.05) is 44.5 Å². The highest BCUT2D eigenvalue weighted by Crippen LogP contribution is 2.17. The minimum atomic E-state index is -0.518. The summed E-state index contributed by atoms with van der Waals surface area (Å²) in [4.78, 5) is 39.2. The number of hydrogen-bond donors (Lipinski definition) is 3. The zero-order chi connectivity index (χ0) is 19.1. The van der Waals surface area contributed by atoms with E-state index in [2.05, 4.69) is 22.7 Å². The van der Waals surface area contributed by atoms with Gasteiger partial charge in [0.15, 0.2) is 0 Å². The molecule has 26 heavy (non-hydrogen) atoms. The number of piperidine rings is 1. The monoisotopic (exact) mass is 359 g/mol. The highest BCUT2D eigenvalue weighted by molar-refractivity contribution is 5.91. The van der Waals surface area contributed by atoms with Crippen molar-refractivity contribution in [3.63, 3.8) is 0 Å². The van der Waals surface area contributed by atoms with Crippen molar-refractivity contribution < 1.29 is 14.4 Å². The lowest BCUT2D eigenvalue weighted by molar-refractivity contribution is -0.132. The third kappa shape index (κ3) is 5.23. The fourth-order valence-corrected chi connectivity index (χ4v) is 2.72. The van der Waals surface area contributed by atoms with Crippen LogP contribution in [0.1, 0.15) is 12.8 Å². The fraction of sp³-hybridized carbons (Fsp3) is 0.389. The number of likely N-dealkylation sites (tertiary alicyclic amines) is 1. The van der Waals surface area contributed by atoms with Crippen LogP contribution in [-0.2, 0) is 9.59 Å². The van der Waals surface area contributed by atoms with Crippen molar-refractivity contribution in [2.75, 3.05) is 37.4 Å². The lowest BCUT2D eigenvalue weighted by atomic mass is 9.96. The SMILES string of the molecule is C=CC(=O)N1CCC(C(=O)NNC(=O)Nc2ccc(N(C)C)cc2)CC1. The molecule has 1 aromatic carbocycles. The highest BCUT2D eigenvalue weighted by Gasteiger charge is 2.26. The summed E-state index contributed by atoms with van der Waals surface area (Å²) in [6, 6.07) is 6.81. The van der Waals surface area contributed by atoms with E-state index in [1.165, 1.54) is 6.08 Å². The summed E-state index contributed by atoms with van der Waals surface area (Å²) in [5.74, 6) is -0.612. The molecule has 0 saturated carbocycles. The summed E-state index contributed by atoms with van der Waals surface area (Å²) in [6.07, 6.45) is 2.39. The summed E-state index contributed by atoms with van der Waals surface area (Å²) in [6.45, 7) is 4.47. The van der Waals surface area contributed by atoms with Gasteiger partial charge in [-0.2, -0.15) is 0 Å². The van der Waals surface area contributed by atoms with E-state index < -0.39 is 6.03 Å². The molecule has 0 aliphatic carbocycles. The third-order valence-electron chi connectivity index (χ3n) is 4.29. The second kappa shape index (κ2) is 8.89. The molecule has 0 aromatic heterocycles. The number of carbonyl (C=O) groups excluding carboxylic acids is 3. The fourth-order valence-electron chi connectivity index (χ4n) is 2.72. The summed E-state index contributed by atoms with van der Waals surface area (Å²) >= 11 is 0. The largest absolute Gasteiger partial charge is 0.378 e. The molecule has 1 aliphatic rings. The molecule has 0 bridgehead atoms. The van der Waals surface area contributed by atoms with E-state index in [1.807, 2.05) is 31.1 Å². The molecule has 1 aromatic rings. The molecule has 140 valence electrons. The van der Waals surface area contributed by atoms with Crippen LogP contribution in [0.5, 0.6) is 0 Å². The topological polar surface area (TPSA) is 93.8 Å². The Morgan fingerprint density at radius 3 is 2.27 bits per heavy atom. The summed E-state index contributed by atoms with van der Waals surface area (Å²) in [5, 5.41) is 2.65. The van der Waals surface area contributed by atoms with Crippen molar-refractivity contribution in [2.45, 2.75) is 12.8 Å². The van der Waals surface area contributed by atoms with Crippen LogP contribution in [-0.4, -0.2) is 49.9 Å². The van der Waals surface area contributed by atoms with Crippen LogP contribution in [0.3, 0.4) is 0 Å². The van der Waals surface area contributed by atoms with E-state index in [1.54, 1.807) is 17.0 Å². The molecule has 0 spiro atoms. The minimum Gasteiger partial charge on any atom is -0.378 e. The van der Waals surface area contributed by atoms with Gasteiger partial charge in [0.2, 0.25) is 11.8 Å². The van der Waals surface area contributed by atoms with Crippen molar-refractivity contribution in [3.05, 3.63) is 36.9 Å². The first-order valence-corrected chi connectivity index (χ1v) is 8.46. The van der Waals surface area contributed by atoms with Crippen LogP contribution in [0.4, 0.5) is 16.2 Å². The van der Waals surface area contributed by atoms with E-state index in [0.717, 1.165) is 5.69 Å². The van der Waals surface area contributed by atoms with E-state index in [9.17, 15) is 14.4 Å². The number of anilines is 2. The Hall–Kier alpha value is -3.03. The Morgan fingerprint density at radius 2 is 1.73 bits per heavy atom. The molecule has 1 aliphatic heterocycles. The van der Waals surface area contributed by atoms with Gasteiger partial charge in [-0.05, 0) is 43.2 Å². The van der Waals surface area contributed by atoms with Crippen molar-refractivity contribution >= 4 is 29.2 Å². The Labute approximate surface area is 153 Å². The van der Waals surface area contributed by atoms with Gasteiger partial charge in [0.1, 0.15) is 0 Å². The first kappa shape index (κ1) is 19.3. The lowest BCUT2D eigenvalue weighted by Crippen LogP contribution is -2.49. The van der Waals surface area contributed by atoms with Gasteiger partial charge in [-0.25, -0.2) is 10.2 Å². The minimum absolute atomic E-state index is 0.123. The number of hydrogen-bond acceptors (Lipinski definition) is 4. The number of amides is 4. The van der Waals surface area contributed by atoms with Crippen LogP contribution < -0.4 is 21.1 Å². The maximum atomic E-state index is 12.1. The molecule has 0 unspecified atom stereocenters. The number of urea groups is 1. The number of nitrogens with one attached hydrogen (secondary N) is 3. The molecule has 3 N–H and O–H groups in total. The van der Waals surface area contributed by atoms with Gasteiger partial charge in [-0.3, -0.25) is 15.0 Å². The second-order valence-corrected chi connectivity index (χ2v) is 6.31. The van der Waals surface area contributed by atoms with Gasteiger partial charge in [-0.1, -0.05) is 6.58 Å². The molecule has 2 rings (SSSR count). The Morgan fingerprint density at radius 1 is 1.12 bits per heavy atom. The molecule has 1 heterocycles. The second-order valence-electron chi connectivity index (χ2n) is 6.31. The molecule has 0 radical (unpaired) electrons. The molecular weight excluding hydrogens is 334 g/mol. The lowest BCUT2D eigenvalue weighted by Gasteiger charge is -2.30. The maximum absolute atomic E-state index is 12.1. The average Bonchev–Trinajstić information content (AvgIpc) is 2.66. The molecule has 1 saturated heterocycles. The zero-order valence-corrected chi connectivity index (χ0v) is 15.1. The van der Waals surface area contributed by atoms with Crippen LogP contribution in [0.2, 0.25) is 0 Å². The zero-order valence-electron chi connectivity index (χ0n) is 15.1. The molecule has 4 amide bonds. The van der Waals surface area contributed by atoms with Crippen molar-refractivity contribution in [3.8, 4) is 0 Å². The number of hydrazine groups is 1. The van der Waals surface area contributed by atoms with Crippen molar-refractivity contribution in [1.29, 1.82) is 0 Å². The highest BCUT2D eigenvalue weighted by atomic mass is 16.2. The first-order chi connectivity index (χ1) is 12.4. The molecule has 8 nitrogen and oxygen atoms in total. The molecular formula is C18H25N5O3. The van der Waals surface area contributed by atoms with Crippen LogP contribution in [0.15, 0.2) is 36.9 Å². The third-order valence-corrected chi connectivity index (χ3v) is 4.29. The van der Waals surface area contributed by atoms with Gasteiger partial charge in [0.25, 0.3) is 0 Å².